The maximum Gasteiger partial charge on any atom is 0.328 e. The second-order valence-corrected chi connectivity index (χ2v) is 6.41. The summed E-state index contributed by atoms with van der Waals surface area (Å²) in [5, 5.41) is 10.9. The van der Waals surface area contributed by atoms with Gasteiger partial charge in [0.1, 0.15) is 5.75 Å². The van der Waals surface area contributed by atoms with Crippen LogP contribution in [-0.2, 0) is 9.59 Å². The summed E-state index contributed by atoms with van der Waals surface area (Å²) in [5.41, 5.74) is -0.885. The molecule has 132 valence electrons. The quantitative estimate of drug-likeness (QED) is 0.559. The third kappa shape index (κ3) is 6.02. The molecular formula is C16H18Cl2FNO4. The van der Waals surface area contributed by atoms with E-state index in [0.29, 0.717) is 6.42 Å². The van der Waals surface area contributed by atoms with Gasteiger partial charge in [0, 0.05) is 18.2 Å². The molecule has 0 aliphatic heterocycles. The average molecular weight is 378 g/mol. The minimum Gasteiger partial charge on any atom is -0.481 e. The van der Waals surface area contributed by atoms with Gasteiger partial charge in [0.05, 0.1) is 15.6 Å². The van der Waals surface area contributed by atoms with E-state index in [-0.39, 0.29) is 15.8 Å². The van der Waals surface area contributed by atoms with Crippen molar-refractivity contribution in [1.29, 1.82) is 0 Å². The van der Waals surface area contributed by atoms with Crippen LogP contribution in [0.15, 0.2) is 24.3 Å². The summed E-state index contributed by atoms with van der Waals surface area (Å²) in [6.45, 7) is 5.02. The van der Waals surface area contributed by atoms with E-state index in [9.17, 15) is 14.0 Å². The molecule has 24 heavy (non-hydrogen) atoms. The first-order chi connectivity index (χ1) is 11.1. The first-order valence-electron chi connectivity index (χ1n) is 7.11. The summed E-state index contributed by atoms with van der Waals surface area (Å²) < 4.78 is 18.9. The minimum absolute atomic E-state index is 0.160. The van der Waals surface area contributed by atoms with Gasteiger partial charge in [0.2, 0.25) is 0 Å². The van der Waals surface area contributed by atoms with Gasteiger partial charge in [0.15, 0.2) is 11.9 Å². The lowest BCUT2D eigenvalue weighted by atomic mass is 10.0. The summed E-state index contributed by atoms with van der Waals surface area (Å²) in [5.74, 6) is -2.17. The predicted octanol–water partition coefficient (Wildman–Crippen LogP) is 3.83. The SMILES string of the molecule is CC[C@H](Oc1cc(Cl)c(F)c(Cl)c1)C(=O)NC(C)(C)/C=C/C(=O)O. The van der Waals surface area contributed by atoms with Crippen LogP contribution in [0.2, 0.25) is 10.0 Å². The fourth-order valence-electron chi connectivity index (χ4n) is 1.81. The van der Waals surface area contributed by atoms with Crippen LogP contribution < -0.4 is 10.1 Å². The van der Waals surface area contributed by atoms with Crippen LogP contribution >= 0.6 is 23.2 Å². The number of hydrogen-bond donors (Lipinski definition) is 2. The highest BCUT2D eigenvalue weighted by molar-refractivity contribution is 6.35. The Hall–Kier alpha value is -1.79. The number of carbonyl (C=O) groups is 2. The molecule has 0 bridgehead atoms. The minimum atomic E-state index is -1.11. The summed E-state index contributed by atoms with van der Waals surface area (Å²) in [7, 11) is 0. The molecule has 5 nitrogen and oxygen atoms in total. The molecule has 0 fully saturated rings. The number of hydrogen-bond acceptors (Lipinski definition) is 3. The van der Waals surface area contributed by atoms with Gasteiger partial charge in [-0.15, -0.1) is 0 Å². The van der Waals surface area contributed by atoms with Crippen molar-refractivity contribution >= 4 is 35.1 Å². The van der Waals surface area contributed by atoms with Gasteiger partial charge in [0.25, 0.3) is 5.91 Å². The lowest BCUT2D eigenvalue weighted by molar-refractivity contribution is -0.132. The van der Waals surface area contributed by atoms with Crippen molar-refractivity contribution in [2.75, 3.05) is 0 Å². The van der Waals surface area contributed by atoms with Crippen molar-refractivity contribution in [2.45, 2.75) is 38.8 Å². The molecule has 1 amide bonds. The number of rotatable bonds is 7. The van der Waals surface area contributed by atoms with E-state index in [4.69, 9.17) is 33.0 Å². The van der Waals surface area contributed by atoms with Crippen molar-refractivity contribution in [3.8, 4) is 5.75 Å². The molecule has 0 aliphatic rings. The van der Waals surface area contributed by atoms with E-state index >= 15 is 0 Å². The molecule has 0 unspecified atom stereocenters. The molecule has 1 atom stereocenters. The predicted molar refractivity (Wildman–Crippen MR) is 90.1 cm³/mol. The van der Waals surface area contributed by atoms with Crippen molar-refractivity contribution in [3.05, 3.63) is 40.1 Å². The summed E-state index contributed by atoms with van der Waals surface area (Å²) in [6.07, 6.45) is 1.75. The second-order valence-electron chi connectivity index (χ2n) is 5.60. The number of aliphatic carboxylic acids is 1. The Kier molecular flexibility index (Phi) is 7.05. The van der Waals surface area contributed by atoms with Gasteiger partial charge in [-0.2, -0.15) is 0 Å². The van der Waals surface area contributed by atoms with Gasteiger partial charge in [-0.25, -0.2) is 9.18 Å². The molecule has 0 saturated carbocycles. The number of amides is 1. The standard InChI is InChI=1S/C16H18Cl2FNO4/c1-4-12(15(23)20-16(2,3)6-5-13(21)22)24-9-7-10(17)14(19)11(18)8-9/h5-8,12H,4H2,1-3H3,(H,20,23)(H,21,22)/b6-5+/t12-/m0/s1. The number of carboxylic acids is 1. The van der Waals surface area contributed by atoms with E-state index in [1.165, 1.54) is 18.2 Å². The van der Waals surface area contributed by atoms with Crippen LogP contribution in [0.3, 0.4) is 0 Å². The van der Waals surface area contributed by atoms with Crippen molar-refractivity contribution in [1.82, 2.24) is 5.32 Å². The largest absolute Gasteiger partial charge is 0.481 e. The van der Waals surface area contributed by atoms with Gasteiger partial charge in [-0.1, -0.05) is 36.2 Å². The Morgan fingerprint density at radius 2 is 1.92 bits per heavy atom. The number of carboxylic acid groups (broad SMARTS) is 1. The molecule has 0 saturated heterocycles. The molecule has 1 rings (SSSR count). The van der Waals surface area contributed by atoms with E-state index in [1.54, 1.807) is 20.8 Å². The monoisotopic (exact) mass is 377 g/mol. The summed E-state index contributed by atoms with van der Waals surface area (Å²) in [4.78, 5) is 22.9. The molecule has 1 aromatic carbocycles. The summed E-state index contributed by atoms with van der Waals surface area (Å²) >= 11 is 11.4. The van der Waals surface area contributed by atoms with Crippen LogP contribution in [0.4, 0.5) is 4.39 Å². The second kappa shape index (κ2) is 8.35. The van der Waals surface area contributed by atoms with Crippen molar-refractivity contribution in [2.24, 2.45) is 0 Å². The zero-order valence-corrected chi connectivity index (χ0v) is 14.9. The Morgan fingerprint density at radius 3 is 2.38 bits per heavy atom. The van der Waals surface area contributed by atoms with E-state index < -0.39 is 29.3 Å². The normalized spacial score (nSPS) is 12.9. The highest BCUT2D eigenvalue weighted by Gasteiger charge is 2.25. The number of halogens is 3. The highest BCUT2D eigenvalue weighted by atomic mass is 35.5. The lowest BCUT2D eigenvalue weighted by Crippen LogP contribution is -2.48. The van der Waals surface area contributed by atoms with E-state index in [2.05, 4.69) is 5.32 Å². The molecule has 0 aromatic heterocycles. The summed E-state index contributed by atoms with van der Waals surface area (Å²) in [6, 6.07) is 2.46. The van der Waals surface area contributed by atoms with E-state index in [1.807, 2.05) is 0 Å². The third-order valence-electron chi connectivity index (χ3n) is 2.99. The maximum absolute atomic E-state index is 13.4. The highest BCUT2D eigenvalue weighted by Crippen LogP contribution is 2.29. The number of nitrogens with one attached hydrogen (secondary N) is 1. The number of benzene rings is 1. The van der Waals surface area contributed by atoms with Gasteiger partial charge in [-0.3, -0.25) is 4.79 Å². The van der Waals surface area contributed by atoms with Gasteiger partial charge >= 0.3 is 5.97 Å². The number of ether oxygens (including phenoxy) is 1. The number of carbonyl (C=O) groups excluding carboxylic acids is 1. The fraction of sp³-hybridized carbons (Fsp3) is 0.375. The average Bonchev–Trinajstić information content (AvgIpc) is 2.47. The molecule has 0 radical (unpaired) electrons. The molecule has 0 spiro atoms. The van der Waals surface area contributed by atoms with Crippen molar-refractivity contribution in [3.63, 3.8) is 0 Å². The topological polar surface area (TPSA) is 75.6 Å². The van der Waals surface area contributed by atoms with Crippen LogP contribution in [0, 0.1) is 5.82 Å². The Labute approximate surface area is 149 Å². The Balaban J connectivity index is 2.86. The van der Waals surface area contributed by atoms with Crippen LogP contribution in [0.25, 0.3) is 0 Å². The van der Waals surface area contributed by atoms with Gasteiger partial charge in [-0.05, 0) is 20.3 Å². The molecule has 0 aliphatic carbocycles. The molecule has 2 N–H and O–H groups in total. The zero-order valence-electron chi connectivity index (χ0n) is 13.4. The van der Waals surface area contributed by atoms with Crippen LogP contribution in [0.5, 0.6) is 5.75 Å². The van der Waals surface area contributed by atoms with Crippen LogP contribution in [-0.4, -0.2) is 28.6 Å². The van der Waals surface area contributed by atoms with Crippen LogP contribution in [0.1, 0.15) is 27.2 Å². The molecule has 1 aromatic rings. The first-order valence-corrected chi connectivity index (χ1v) is 7.86. The van der Waals surface area contributed by atoms with Gasteiger partial charge < -0.3 is 15.2 Å². The lowest BCUT2D eigenvalue weighted by Gasteiger charge is -2.26. The smallest absolute Gasteiger partial charge is 0.328 e. The fourth-order valence-corrected chi connectivity index (χ4v) is 2.27. The van der Waals surface area contributed by atoms with Crippen molar-refractivity contribution < 1.29 is 23.8 Å². The first kappa shape index (κ1) is 20.3. The van der Waals surface area contributed by atoms with E-state index in [0.717, 1.165) is 6.08 Å². The Bertz CT molecular complexity index is 638. The molecule has 0 heterocycles. The molecule has 8 heteroatoms. The maximum atomic E-state index is 13.4. The third-order valence-corrected chi connectivity index (χ3v) is 3.54. The Morgan fingerprint density at radius 1 is 1.38 bits per heavy atom. The molecular weight excluding hydrogens is 360 g/mol. The zero-order chi connectivity index (χ0) is 18.5.